The maximum absolute atomic E-state index is 12.7. The van der Waals surface area contributed by atoms with Crippen molar-refractivity contribution >= 4 is 40.5 Å². The molecule has 1 N–H and O–H groups in total. The molecule has 6 nitrogen and oxygen atoms in total. The molecular formula is C16H17ClN4O2. The van der Waals surface area contributed by atoms with Crippen LogP contribution in [0.3, 0.4) is 0 Å². The van der Waals surface area contributed by atoms with Crippen LogP contribution in [0.4, 0.5) is 17.1 Å². The summed E-state index contributed by atoms with van der Waals surface area (Å²) in [4.78, 5) is 26.7. The summed E-state index contributed by atoms with van der Waals surface area (Å²) >= 11 is 5.82. The molecule has 0 aliphatic carbocycles. The summed E-state index contributed by atoms with van der Waals surface area (Å²) in [5.41, 5.74) is 2.81. The number of aryl methyl sites for hydroxylation is 2. The Labute approximate surface area is 139 Å². The molecule has 1 aromatic heterocycles. The first-order valence-corrected chi connectivity index (χ1v) is 8.04. The molecule has 0 saturated carbocycles. The summed E-state index contributed by atoms with van der Waals surface area (Å²) in [7, 11) is 0. The number of anilines is 3. The number of carbonyl (C=O) groups is 2. The van der Waals surface area contributed by atoms with Gasteiger partial charge in [-0.05, 0) is 25.5 Å². The summed E-state index contributed by atoms with van der Waals surface area (Å²) in [6.07, 6.45) is 0.608. The molecule has 0 unspecified atom stereocenters. The second-order valence-electron chi connectivity index (χ2n) is 5.15. The van der Waals surface area contributed by atoms with Gasteiger partial charge in [-0.3, -0.25) is 19.2 Å². The average molecular weight is 333 g/mol. The molecule has 2 amide bonds. The zero-order valence-corrected chi connectivity index (χ0v) is 13.7. The van der Waals surface area contributed by atoms with E-state index in [1.807, 2.05) is 26.0 Å². The third-order valence-electron chi connectivity index (χ3n) is 3.83. The Bertz CT molecular complexity index is 784. The van der Waals surface area contributed by atoms with Gasteiger partial charge in [0.15, 0.2) is 5.69 Å². The maximum Gasteiger partial charge on any atom is 0.276 e. The zero-order valence-electron chi connectivity index (χ0n) is 13.0. The van der Waals surface area contributed by atoms with Crippen molar-refractivity contribution in [2.45, 2.75) is 26.8 Å². The Hall–Kier alpha value is -2.34. The molecule has 1 aliphatic rings. The van der Waals surface area contributed by atoms with Crippen molar-refractivity contribution in [3.05, 3.63) is 35.7 Å². The average Bonchev–Trinajstić information content (AvgIpc) is 2.88. The Morgan fingerprint density at radius 2 is 2.04 bits per heavy atom. The van der Waals surface area contributed by atoms with Crippen molar-refractivity contribution in [2.24, 2.45) is 0 Å². The minimum Gasteiger partial charge on any atom is -0.319 e. The van der Waals surface area contributed by atoms with Gasteiger partial charge >= 0.3 is 0 Å². The van der Waals surface area contributed by atoms with Crippen LogP contribution in [0.5, 0.6) is 0 Å². The highest BCUT2D eigenvalue weighted by atomic mass is 35.5. The third kappa shape index (κ3) is 2.39. The van der Waals surface area contributed by atoms with E-state index >= 15 is 0 Å². The molecule has 0 spiro atoms. The predicted octanol–water partition coefficient (Wildman–Crippen LogP) is 2.93. The molecule has 0 bridgehead atoms. The van der Waals surface area contributed by atoms with Crippen molar-refractivity contribution in [3.63, 3.8) is 0 Å². The van der Waals surface area contributed by atoms with Crippen LogP contribution in [0.2, 0.25) is 0 Å². The molecular weight excluding hydrogens is 316 g/mol. The van der Waals surface area contributed by atoms with Crippen LogP contribution in [0, 0.1) is 0 Å². The number of hydrogen-bond acceptors (Lipinski definition) is 3. The zero-order chi connectivity index (χ0) is 16.6. The first-order valence-electron chi connectivity index (χ1n) is 7.51. The van der Waals surface area contributed by atoms with Gasteiger partial charge in [0.1, 0.15) is 11.6 Å². The van der Waals surface area contributed by atoms with E-state index in [-0.39, 0.29) is 17.7 Å². The van der Waals surface area contributed by atoms with Crippen molar-refractivity contribution in [2.75, 3.05) is 16.1 Å². The van der Waals surface area contributed by atoms with Crippen LogP contribution < -0.4 is 10.2 Å². The van der Waals surface area contributed by atoms with Gasteiger partial charge in [-0.2, -0.15) is 5.10 Å². The number of nitrogens with one attached hydrogen (secondary N) is 1. The van der Waals surface area contributed by atoms with Crippen molar-refractivity contribution in [1.29, 1.82) is 0 Å². The second kappa shape index (κ2) is 6.04. The maximum atomic E-state index is 12.7. The van der Waals surface area contributed by atoms with E-state index in [0.29, 0.717) is 41.4 Å². The van der Waals surface area contributed by atoms with E-state index in [4.69, 9.17) is 11.6 Å². The quantitative estimate of drug-likeness (QED) is 0.879. The number of amides is 2. The molecule has 1 aromatic carbocycles. The number of para-hydroxylation sites is 2. The van der Waals surface area contributed by atoms with Crippen molar-refractivity contribution in [1.82, 2.24) is 9.78 Å². The number of fused-ring (bicyclic) bond motifs is 2. The summed E-state index contributed by atoms with van der Waals surface area (Å²) in [5.74, 6) is -0.740. The van der Waals surface area contributed by atoms with Crippen molar-refractivity contribution < 1.29 is 9.59 Å². The standard InChI is InChI=1S/C16H17ClN4O2/c1-3-10-14-15(20(4-2)19-10)16(23)18-11-7-5-6-8-12(11)21(14)13(22)9-17/h5-8H,3-4,9H2,1-2H3,(H,18,23). The molecule has 2 aromatic rings. The van der Waals surface area contributed by atoms with Crippen LogP contribution >= 0.6 is 11.6 Å². The van der Waals surface area contributed by atoms with Gasteiger partial charge in [0.05, 0.1) is 17.1 Å². The number of halogens is 1. The number of alkyl halides is 1. The highest BCUT2D eigenvalue weighted by molar-refractivity contribution is 6.31. The van der Waals surface area contributed by atoms with Gasteiger partial charge in [-0.25, -0.2) is 0 Å². The van der Waals surface area contributed by atoms with Crippen molar-refractivity contribution in [3.8, 4) is 0 Å². The lowest BCUT2D eigenvalue weighted by atomic mass is 10.2. The fourth-order valence-corrected chi connectivity index (χ4v) is 2.94. The lowest BCUT2D eigenvalue weighted by Gasteiger charge is -2.22. The van der Waals surface area contributed by atoms with Gasteiger partial charge in [0.2, 0.25) is 5.91 Å². The Morgan fingerprint density at radius 1 is 1.30 bits per heavy atom. The molecule has 0 saturated heterocycles. The molecule has 3 rings (SSSR count). The van der Waals surface area contributed by atoms with Gasteiger partial charge in [0, 0.05) is 6.54 Å². The van der Waals surface area contributed by atoms with E-state index in [0.717, 1.165) is 0 Å². The molecule has 2 heterocycles. The normalized spacial score (nSPS) is 13.2. The summed E-state index contributed by atoms with van der Waals surface area (Å²) in [5, 5.41) is 7.34. The number of aromatic nitrogens is 2. The summed E-state index contributed by atoms with van der Waals surface area (Å²) in [6.45, 7) is 4.39. The smallest absolute Gasteiger partial charge is 0.276 e. The predicted molar refractivity (Wildman–Crippen MR) is 89.5 cm³/mol. The van der Waals surface area contributed by atoms with Gasteiger partial charge in [-0.1, -0.05) is 19.1 Å². The van der Waals surface area contributed by atoms with E-state index in [9.17, 15) is 9.59 Å². The number of rotatable bonds is 3. The van der Waals surface area contributed by atoms with Crippen LogP contribution in [0.15, 0.2) is 24.3 Å². The second-order valence-corrected chi connectivity index (χ2v) is 5.41. The summed E-state index contributed by atoms with van der Waals surface area (Å²) in [6, 6.07) is 7.19. The Morgan fingerprint density at radius 3 is 2.70 bits per heavy atom. The van der Waals surface area contributed by atoms with Crippen LogP contribution in [-0.2, 0) is 17.8 Å². The summed E-state index contributed by atoms with van der Waals surface area (Å²) < 4.78 is 1.63. The molecule has 0 radical (unpaired) electrons. The van der Waals surface area contributed by atoms with Gasteiger partial charge < -0.3 is 5.32 Å². The topological polar surface area (TPSA) is 67.2 Å². The molecule has 23 heavy (non-hydrogen) atoms. The van der Waals surface area contributed by atoms with E-state index in [2.05, 4.69) is 10.4 Å². The van der Waals surface area contributed by atoms with Gasteiger partial charge in [-0.15, -0.1) is 11.6 Å². The van der Waals surface area contributed by atoms with E-state index in [1.165, 1.54) is 4.90 Å². The van der Waals surface area contributed by atoms with Crippen LogP contribution in [0.25, 0.3) is 0 Å². The minimum atomic E-state index is -0.290. The van der Waals surface area contributed by atoms with E-state index in [1.54, 1.807) is 16.8 Å². The van der Waals surface area contributed by atoms with Gasteiger partial charge in [0.25, 0.3) is 5.91 Å². The minimum absolute atomic E-state index is 0.178. The lowest BCUT2D eigenvalue weighted by Crippen LogP contribution is -2.28. The lowest BCUT2D eigenvalue weighted by molar-refractivity contribution is -0.115. The highest BCUT2D eigenvalue weighted by Gasteiger charge is 2.34. The fourth-order valence-electron chi connectivity index (χ4n) is 2.82. The first-order chi connectivity index (χ1) is 11.1. The monoisotopic (exact) mass is 332 g/mol. The molecule has 120 valence electrons. The third-order valence-corrected chi connectivity index (χ3v) is 4.06. The Kier molecular flexibility index (Phi) is 4.09. The largest absolute Gasteiger partial charge is 0.319 e. The Balaban J connectivity index is 2.35. The van der Waals surface area contributed by atoms with Crippen LogP contribution in [-0.4, -0.2) is 27.5 Å². The first kappa shape index (κ1) is 15.6. The SMILES string of the molecule is CCc1nn(CC)c2c1N(C(=O)CCl)c1ccccc1NC2=O. The number of benzene rings is 1. The molecule has 7 heteroatoms. The fraction of sp³-hybridized carbons (Fsp3) is 0.312. The van der Waals surface area contributed by atoms with E-state index < -0.39 is 0 Å². The molecule has 1 aliphatic heterocycles. The van der Waals surface area contributed by atoms with Crippen LogP contribution in [0.1, 0.15) is 30.0 Å². The number of nitrogens with zero attached hydrogens (tertiary/aromatic N) is 3. The molecule has 0 fully saturated rings. The number of hydrogen-bond donors (Lipinski definition) is 1. The number of carbonyl (C=O) groups excluding carboxylic acids is 2. The molecule has 0 atom stereocenters. The highest BCUT2D eigenvalue weighted by Crippen LogP contribution is 2.40.